The highest BCUT2D eigenvalue weighted by molar-refractivity contribution is 8.76. The van der Waals surface area contributed by atoms with Gasteiger partial charge >= 0.3 is 0 Å². The van der Waals surface area contributed by atoms with Gasteiger partial charge in [-0.05, 0) is 53.3 Å². The van der Waals surface area contributed by atoms with Gasteiger partial charge in [0, 0.05) is 37.4 Å². The first-order valence-electron chi connectivity index (χ1n) is 18.0. The van der Waals surface area contributed by atoms with Crippen LogP contribution in [0.4, 0.5) is 0 Å². The number of nitrogens with two attached hydrogens (primary N) is 4. The van der Waals surface area contributed by atoms with Crippen LogP contribution in [0.25, 0.3) is 10.8 Å². The molecule has 17 nitrogen and oxygen atoms in total. The summed E-state index contributed by atoms with van der Waals surface area (Å²) in [6, 6.07) is 15.6. The van der Waals surface area contributed by atoms with Crippen molar-refractivity contribution in [2.45, 2.75) is 56.3 Å². The predicted octanol–water partition coefficient (Wildman–Crippen LogP) is -0.502. The van der Waals surface area contributed by atoms with Crippen molar-refractivity contribution in [1.29, 1.82) is 0 Å². The molecule has 14 N–H and O–H groups in total. The third-order valence-corrected chi connectivity index (χ3v) is 11.0. The van der Waals surface area contributed by atoms with Crippen molar-refractivity contribution < 1.29 is 29.1 Å². The van der Waals surface area contributed by atoms with Crippen LogP contribution in [0.15, 0.2) is 76.7 Å². The molecular weight excluding hydrogens is 759 g/mol. The second-order valence-electron chi connectivity index (χ2n) is 13.0. The summed E-state index contributed by atoms with van der Waals surface area (Å²) >= 11 is 0. The van der Waals surface area contributed by atoms with Crippen LogP contribution in [0.2, 0.25) is 0 Å². The summed E-state index contributed by atoms with van der Waals surface area (Å²) in [5, 5.41) is 25.5. The minimum absolute atomic E-state index is 0.00204. The van der Waals surface area contributed by atoms with E-state index in [2.05, 4.69) is 36.6 Å². The number of nitrogens with zero attached hydrogens (tertiary/aromatic N) is 2. The number of phenols is 1. The number of benzene rings is 3. The van der Waals surface area contributed by atoms with Gasteiger partial charge in [-0.25, -0.2) is 0 Å². The van der Waals surface area contributed by atoms with Gasteiger partial charge in [-0.2, -0.15) is 0 Å². The Morgan fingerprint density at radius 1 is 0.768 bits per heavy atom. The fourth-order valence-corrected chi connectivity index (χ4v) is 7.99. The molecule has 300 valence electrons. The first-order chi connectivity index (χ1) is 26.9. The van der Waals surface area contributed by atoms with Crippen LogP contribution in [0.3, 0.4) is 0 Å². The maximum atomic E-state index is 14.1. The molecule has 1 aliphatic rings. The van der Waals surface area contributed by atoms with E-state index in [4.69, 9.17) is 22.9 Å². The molecule has 0 unspecified atom stereocenters. The number of phenolic OH excluding ortho intramolecular Hbond substituents is 1. The van der Waals surface area contributed by atoms with Crippen molar-refractivity contribution in [3.8, 4) is 5.75 Å². The Morgan fingerprint density at radius 3 is 2.14 bits per heavy atom. The molecule has 0 radical (unpaired) electrons. The number of guanidine groups is 2. The van der Waals surface area contributed by atoms with Gasteiger partial charge in [0.15, 0.2) is 11.9 Å². The van der Waals surface area contributed by atoms with Gasteiger partial charge in [0.2, 0.25) is 29.5 Å². The highest BCUT2D eigenvalue weighted by Gasteiger charge is 2.32. The van der Waals surface area contributed by atoms with Gasteiger partial charge in [-0.3, -0.25) is 34.0 Å². The highest BCUT2D eigenvalue weighted by atomic mass is 33.1. The smallest absolute Gasteiger partial charge is 0.244 e. The first kappa shape index (κ1) is 43.0. The molecule has 0 aliphatic carbocycles. The van der Waals surface area contributed by atoms with E-state index in [1.165, 1.54) is 21.6 Å². The van der Waals surface area contributed by atoms with Crippen LogP contribution in [0, 0.1) is 0 Å². The second kappa shape index (κ2) is 22.0. The minimum Gasteiger partial charge on any atom is -0.508 e. The van der Waals surface area contributed by atoms with Crippen molar-refractivity contribution >= 4 is 73.8 Å². The molecule has 1 fully saturated rings. The van der Waals surface area contributed by atoms with Gasteiger partial charge in [0.25, 0.3) is 0 Å². The number of hydrogen-bond donors (Lipinski definition) is 10. The van der Waals surface area contributed by atoms with Crippen LogP contribution >= 0.6 is 21.6 Å². The molecule has 56 heavy (non-hydrogen) atoms. The lowest BCUT2D eigenvalue weighted by atomic mass is 10.00. The Bertz CT molecular complexity index is 1890. The lowest BCUT2D eigenvalue weighted by Crippen LogP contribution is -2.59. The number of rotatable bonds is 14. The van der Waals surface area contributed by atoms with Gasteiger partial charge in [0.1, 0.15) is 29.9 Å². The van der Waals surface area contributed by atoms with Crippen molar-refractivity contribution in [2.75, 3.05) is 31.1 Å². The Labute approximate surface area is 332 Å². The summed E-state index contributed by atoms with van der Waals surface area (Å²) in [7, 11) is 2.44. The van der Waals surface area contributed by atoms with Crippen LogP contribution in [-0.4, -0.2) is 102 Å². The number of nitrogens with one attached hydrogen (secondary N) is 5. The number of aromatic hydroxyl groups is 1. The van der Waals surface area contributed by atoms with Crippen molar-refractivity contribution in [3.63, 3.8) is 0 Å². The molecular formula is C37H49N11O6S2. The number of aliphatic imine (C=N–C) groups is 2. The van der Waals surface area contributed by atoms with Crippen LogP contribution in [0.5, 0.6) is 5.75 Å². The SMILES string of the molecule is NC(N)=NCCC[C@H]1NC(=O)[C@@H](NC(=O)CCN=C(N)N)CSSC[C@@H](C(=O)NCCc2ccc(O)cc2)NC(=O)[C@@H](Cc2ccc3ccccc3c2)NC1=O. The summed E-state index contributed by atoms with van der Waals surface area (Å²) in [5.41, 5.74) is 23.4. The van der Waals surface area contributed by atoms with Crippen LogP contribution in [0.1, 0.15) is 30.4 Å². The van der Waals surface area contributed by atoms with Gasteiger partial charge < -0.3 is 54.6 Å². The van der Waals surface area contributed by atoms with Gasteiger partial charge in [-0.1, -0.05) is 76.2 Å². The predicted molar refractivity (Wildman–Crippen MR) is 220 cm³/mol. The number of amides is 5. The van der Waals surface area contributed by atoms with Gasteiger partial charge in [-0.15, -0.1) is 0 Å². The normalized spacial score (nSPS) is 19.3. The third kappa shape index (κ3) is 14.5. The zero-order valence-electron chi connectivity index (χ0n) is 30.7. The molecule has 0 spiro atoms. The Balaban J connectivity index is 1.61. The average molecular weight is 808 g/mol. The average Bonchev–Trinajstić information content (AvgIpc) is 3.16. The molecule has 0 saturated carbocycles. The van der Waals surface area contributed by atoms with Crippen molar-refractivity contribution in [1.82, 2.24) is 26.6 Å². The molecule has 3 aromatic carbocycles. The molecule has 5 amide bonds. The first-order valence-corrected chi connectivity index (χ1v) is 20.5. The topological polar surface area (TPSA) is 295 Å². The number of carbonyl (C=O) groups is 5. The monoisotopic (exact) mass is 807 g/mol. The van der Waals surface area contributed by atoms with Gasteiger partial charge in [0.05, 0.1) is 6.54 Å². The largest absolute Gasteiger partial charge is 0.508 e. The summed E-state index contributed by atoms with van der Waals surface area (Å²) in [6.45, 7) is 0.423. The molecule has 4 rings (SSSR count). The molecule has 1 heterocycles. The zero-order chi connectivity index (χ0) is 40.5. The summed E-state index contributed by atoms with van der Waals surface area (Å²) in [5.74, 6) is -2.86. The molecule has 0 aromatic heterocycles. The highest BCUT2D eigenvalue weighted by Crippen LogP contribution is 2.24. The number of hydrogen-bond acceptors (Lipinski definition) is 10. The van der Waals surface area contributed by atoms with Crippen molar-refractivity contribution in [2.24, 2.45) is 32.9 Å². The fourth-order valence-electron chi connectivity index (χ4n) is 5.67. The van der Waals surface area contributed by atoms with E-state index < -0.39 is 53.7 Å². The quantitative estimate of drug-likeness (QED) is 0.0427. The maximum Gasteiger partial charge on any atom is 0.244 e. The van der Waals surface area contributed by atoms with E-state index in [1.54, 1.807) is 24.3 Å². The van der Waals surface area contributed by atoms with E-state index >= 15 is 0 Å². The Morgan fingerprint density at radius 2 is 1.41 bits per heavy atom. The van der Waals surface area contributed by atoms with E-state index in [1.807, 2.05) is 42.5 Å². The molecule has 4 atom stereocenters. The van der Waals surface area contributed by atoms with Crippen molar-refractivity contribution in [3.05, 3.63) is 77.9 Å². The fraction of sp³-hybridized carbons (Fsp3) is 0.378. The molecule has 1 aliphatic heterocycles. The van der Waals surface area contributed by atoms with Crippen LogP contribution in [-0.2, 0) is 36.8 Å². The lowest BCUT2D eigenvalue weighted by Gasteiger charge is -2.27. The zero-order valence-corrected chi connectivity index (χ0v) is 32.4. The second-order valence-corrected chi connectivity index (χ2v) is 15.5. The lowest BCUT2D eigenvalue weighted by molar-refractivity contribution is -0.134. The van der Waals surface area contributed by atoms with E-state index in [0.29, 0.717) is 12.8 Å². The Hall–Kier alpha value is -5.69. The number of fused-ring (bicyclic) bond motifs is 1. The third-order valence-electron chi connectivity index (χ3n) is 8.58. The molecule has 19 heteroatoms. The number of carbonyl (C=O) groups excluding carboxylic acids is 5. The minimum atomic E-state index is -1.15. The molecule has 3 aromatic rings. The Kier molecular flexibility index (Phi) is 16.9. The van der Waals surface area contributed by atoms with E-state index in [0.717, 1.165) is 21.9 Å². The van der Waals surface area contributed by atoms with Crippen LogP contribution < -0.4 is 49.5 Å². The standard InChI is InChI=1S/C37H49N11O6S2/c38-36(39)43-15-3-6-27-33(52)47-28(19-23-7-10-24-4-1-2-5-25(24)18-23)34(53)48-29(32(51)42-16-13-22-8-11-26(49)12-9-22)20-55-56-21-30(35(54)46-27)45-31(50)14-17-44-37(40)41/h1-2,4-5,7-12,18,27-30,49H,3,6,13-17,19-21H2,(H,42,51)(H,45,50)(H,46,54)(H,47,52)(H,48,53)(H4,38,39,43)(H4,40,41,44)/t27-,28-,29+,30+/m1/s1. The summed E-state index contributed by atoms with van der Waals surface area (Å²) < 4.78 is 0. The maximum absolute atomic E-state index is 14.1. The summed E-state index contributed by atoms with van der Waals surface area (Å²) in [4.78, 5) is 76.1. The summed E-state index contributed by atoms with van der Waals surface area (Å²) in [6.07, 6.45) is 0.834. The molecule has 1 saturated heterocycles. The molecule has 0 bridgehead atoms. The van der Waals surface area contributed by atoms with E-state index in [-0.39, 0.29) is 68.1 Å². The van der Waals surface area contributed by atoms with E-state index in [9.17, 15) is 29.1 Å².